The Morgan fingerprint density at radius 2 is 1.74 bits per heavy atom. The second-order valence-corrected chi connectivity index (χ2v) is 9.21. The third-order valence-electron chi connectivity index (χ3n) is 5.68. The summed E-state index contributed by atoms with van der Waals surface area (Å²) < 4.78 is 7.10. The molecule has 0 unspecified atom stereocenters. The van der Waals surface area contributed by atoms with Crippen LogP contribution in [0.4, 0.5) is 11.5 Å². The van der Waals surface area contributed by atoms with E-state index < -0.39 is 11.2 Å². The summed E-state index contributed by atoms with van der Waals surface area (Å²) in [6.07, 6.45) is 0.724. The van der Waals surface area contributed by atoms with Gasteiger partial charge in [-0.25, -0.2) is 4.79 Å². The summed E-state index contributed by atoms with van der Waals surface area (Å²) in [4.78, 5) is 42.4. The monoisotopic (exact) mass is 478 g/mol. The van der Waals surface area contributed by atoms with E-state index in [-0.39, 0.29) is 37.0 Å². The maximum atomic E-state index is 13.3. The fourth-order valence-corrected chi connectivity index (χ4v) is 3.92. The van der Waals surface area contributed by atoms with E-state index in [1.807, 2.05) is 76.2 Å². The van der Waals surface area contributed by atoms with Crippen molar-refractivity contribution in [2.75, 3.05) is 23.8 Å². The van der Waals surface area contributed by atoms with Gasteiger partial charge in [-0.3, -0.25) is 19.1 Å². The summed E-state index contributed by atoms with van der Waals surface area (Å²) in [6, 6.07) is 15.2. The summed E-state index contributed by atoms with van der Waals surface area (Å²) in [5.41, 5.74) is 8.05. The maximum absolute atomic E-state index is 13.3. The molecule has 1 heterocycles. The lowest BCUT2D eigenvalue weighted by Gasteiger charge is -2.25. The minimum Gasteiger partial charge on any atom is -0.493 e. The van der Waals surface area contributed by atoms with Crippen molar-refractivity contribution >= 4 is 17.4 Å². The number of aryl methyl sites for hydroxylation is 2. The molecule has 0 aliphatic rings. The zero-order chi connectivity index (χ0) is 25.5. The molecular weight excluding hydrogens is 444 g/mol. The van der Waals surface area contributed by atoms with Crippen molar-refractivity contribution in [2.24, 2.45) is 5.92 Å². The first-order chi connectivity index (χ1) is 16.7. The number of nitrogen functional groups attached to an aromatic ring is 1. The quantitative estimate of drug-likeness (QED) is 0.462. The molecule has 3 rings (SSSR count). The number of rotatable bonds is 10. The van der Waals surface area contributed by atoms with Gasteiger partial charge in [-0.2, -0.15) is 0 Å². The van der Waals surface area contributed by atoms with E-state index in [1.54, 1.807) is 0 Å². The second-order valence-electron chi connectivity index (χ2n) is 9.21. The topological polar surface area (TPSA) is 110 Å². The number of carbonyl (C=O) groups excluding carboxylic acids is 1. The molecule has 186 valence electrons. The van der Waals surface area contributed by atoms with Crippen molar-refractivity contribution in [1.82, 2.24) is 9.55 Å². The van der Waals surface area contributed by atoms with Crippen LogP contribution >= 0.6 is 0 Å². The average Bonchev–Trinajstić information content (AvgIpc) is 2.78. The van der Waals surface area contributed by atoms with Crippen LogP contribution in [-0.4, -0.2) is 28.6 Å². The van der Waals surface area contributed by atoms with E-state index in [1.165, 1.54) is 9.47 Å². The lowest BCUT2D eigenvalue weighted by Crippen LogP contribution is -2.42. The van der Waals surface area contributed by atoms with Crippen molar-refractivity contribution in [3.05, 3.63) is 86.1 Å². The molecule has 8 heteroatoms. The average molecular weight is 479 g/mol. The molecule has 0 spiro atoms. The van der Waals surface area contributed by atoms with E-state index in [9.17, 15) is 14.4 Å². The van der Waals surface area contributed by atoms with Crippen LogP contribution in [0, 0.1) is 19.8 Å². The lowest BCUT2D eigenvalue weighted by molar-refractivity contribution is -0.119. The van der Waals surface area contributed by atoms with Gasteiger partial charge in [0, 0.05) is 6.54 Å². The number of nitrogens with zero attached hydrogens (tertiary/aromatic N) is 2. The molecule has 0 aliphatic heterocycles. The largest absolute Gasteiger partial charge is 0.493 e. The van der Waals surface area contributed by atoms with Crippen LogP contribution in [0.1, 0.15) is 43.4 Å². The molecule has 0 aliphatic carbocycles. The number of nitrogens with two attached hydrogens (primary N) is 1. The molecule has 3 N–H and O–H groups in total. The Balaban J connectivity index is 1.87. The molecule has 1 amide bonds. The first-order valence-electron chi connectivity index (χ1n) is 11.8. The van der Waals surface area contributed by atoms with Gasteiger partial charge in [-0.1, -0.05) is 50.2 Å². The third-order valence-corrected chi connectivity index (χ3v) is 5.68. The van der Waals surface area contributed by atoms with E-state index in [2.05, 4.69) is 4.98 Å². The lowest BCUT2D eigenvalue weighted by atomic mass is 10.1. The molecule has 35 heavy (non-hydrogen) atoms. The molecule has 1 aromatic heterocycles. The fraction of sp³-hybridized carbons (Fsp3) is 0.370. The SMILES string of the molecule is Cc1cc(C)cc(OCCC(=O)N(CCC(C)C)c2c(N)n(Cc3ccccc3)c(=O)[nH]c2=O)c1. The van der Waals surface area contributed by atoms with Gasteiger partial charge in [-0.15, -0.1) is 0 Å². The first-order valence-corrected chi connectivity index (χ1v) is 11.8. The molecule has 3 aromatic rings. The van der Waals surface area contributed by atoms with Crippen molar-refractivity contribution in [2.45, 2.75) is 47.1 Å². The molecule has 0 radical (unpaired) electrons. The molecule has 0 atom stereocenters. The van der Waals surface area contributed by atoms with Crippen LogP contribution < -0.4 is 26.6 Å². The molecule has 8 nitrogen and oxygen atoms in total. The van der Waals surface area contributed by atoms with Crippen molar-refractivity contribution in [1.29, 1.82) is 0 Å². The van der Waals surface area contributed by atoms with Gasteiger partial charge in [0.1, 0.15) is 11.6 Å². The Bertz CT molecular complexity index is 1260. The first kappa shape index (κ1) is 25.8. The highest BCUT2D eigenvalue weighted by Gasteiger charge is 2.24. The fourth-order valence-electron chi connectivity index (χ4n) is 3.92. The van der Waals surface area contributed by atoms with Gasteiger partial charge in [0.2, 0.25) is 5.91 Å². The van der Waals surface area contributed by atoms with Crippen LogP contribution in [-0.2, 0) is 11.3 Å². The summed E-state index contributed by atoms with van der Waals surface area (Å²) in [6.45, 7) is 8.68. The van der Waals surface area contributed by atoms with Crippen LogP contribution in [0.15, 0.2) is 58.1 Å². The predicted octanol–water partition coefficient (Wildman–Crippen LogP) is 3.63. The zero-order valence-corrected chi connectivity index (χ0v) is 20.8. The zero-order valence-electron chi connectivity index (χ0n) is 20.8. The molecule has 2 aromatic carbocycles. The van der Waals surface area contributed by atoms with Gasteiger partial charge in [0.05, 0.1) is 19.6 Å². The van der Waals surface area contributed by atoms with Crippen molar-refractivity contribution in [3.8, 4) is 5.75 Å². The summed E-state index contributed by atoms with van der Waals surface area (Å²) in [7, 11) is 0. The highest BCUT2D eigenvalue weighted by atomic mass is 16.5. The van der Waals surface area contributed by atoms with E-state index in [4.69, 9.17) is 10.5 Å². The van der Waals surface area contributed by atoms with Gasteiger partial charge in [-0.05, 0) is 55.0 Å². The second kappa shape index (κ2) is 11.6. The number of aromatic amines is 1. The van der Waals surface area contributed by atoms with Crippen LogP contribution in [0.25, 0.3) is 0 Å². The number of ether oxygens (including phenoxy) is 1. The molecule has 0 saturated carbocycles. The molecule has 0 bridgehead atoms. The smallest absolute Gasteiger partial charge is 0.330 e. The van der Waals surface area contributed by atoms with E-state index >= 15 is 0 Å². The predicted molar refractivity (Wildman–Crippen MR) is 139 cm³/mol. The Morgan fingerprint density at radius 1 is 1.09 bits per heavy atom. The van der Waals surface area contributed by atoms with E-state index in [0.717, 1.165) is 16.7 Å². The van der Waals surface area contributed by atoms with Crippen molar-refractivity contribution in [3.63, 3.8) is 0 Å². The number of carbonyl (C=O) groups is 1. The minimum atomic E-state index is -0.677. The van der Waals surface area contributed by atoms with Gasteiger partial charge in [0.25, 0.3) is 5.56 Å². The highest BCUT2D eigenvalue weighted by molar-refractivity contribution is 5.95. The molecular formula is C27H34N4O4. The van der Waals surface area contributed by atoms with Gasteiger partial charge >= 0.3 is 5.69 Å². The van der Waals surface area contributed by atoms with Crippen LogP contribution in [0.2, 0.25) is 0 Å². The minimum absolute atomic E-state index is 0.00224. The number of benzene rings is 2. The normalized spacial score (nSPS) is 11.0. The number of amides is 1. The Kier molecular flexibility index (Phi) is 8.52. The highest BCUT2D eigenvalue weighted by Crippen LogP contribution is 2.21. The standard InChI is InChI=1S/C27H34N4O4/c1-18(2)10-12-30(23(32)11-13-35-22-15-19(3)14-20(4)16-22)24-25(28)31(27(34)29-26(24)33)17-21-8-6-5-7-9-21/h5-9,14-16,18H,10-13,17,28H2,1-4H3,(H,29,33,34). The van der Waals surface area contributed by atoms with E-state index in [0.29, 0.717) is 24.6 Å². The van der Waals surface area contributed by atoms with Crippen molar-refractivity contribution < 1.29 is 9.53 Å². The van der Waals surface area contributed by atoms with Crippen LogP contribution in [0.5, 0.6) is 5.75 Å². The molecule has 0 saturated heterocycles. The summed E-state index contributed by atoms with van der Waals surface area (Å²) in [5.74, 6) is 0.664. The summed E-state index contributed by atoms with van der Waals surface area (Å²) in [5, 5.41) is 0. The number of hydrogen-bond acceptors (Lipinski definition) is 5. The summed E-state index contributed by atoms with van der Waals surface area (Å²) >= 11 is 0. The number of anilines is 2. The number of hydrogen-bond donors (Lipinski definition) is 2. The Labute approximate surface area is 205 Å². The number of aromatic nitrogens is 2. The third kappa shape index (κ3) is 6.85. The Hall–Kier alpha value is -3.81. The maximum Gasteiger partial charge on any atom is 0.330 e. The molecule has 0 fully saturated rings. The Morgan fingerprint density at radius 3 is 2.37 bits per heavy atom. The van der Waals surface area contributed by atoms with Crippen LogP contribution in [0.3, 0.4) is 0 Å². The number of nitrogens with one attached hydrogen (secondary N) is 1. The number of H-pyrrole nitrogens is 1. The van der Waals surface area contributed by atoms with Gasteiger partial charge in [0.15, 0.2) is 5.69 Å². The van der Waals surface area contributed by atoms with Gasteiger partial charge < -0.3 is 15.4 Å².